The smallest absolute Gasteiger partial charge is 0.408 e. The van der Waals surface area contributed by atoms with Crippen LogP contribution in [0.5, 0.6) is 0 Å². The summed E-state index contributed by atoms with van der Waals surface area (Å²) in [5.74, 6) is -2.90. The number of amides is 2. The maximum Gasteiger partial charge on any atom is 0.408 e. The standard InChI is InChI=1S/C25H32F2N2O5/c1-5-34-20(30)14-28-10-11-29(22(32)33)25(21(28)31)19(23(2,3)4)7-9-24(25)8-6-16-17(24)12-15(26)13-18(16)27/h12-13,19H,5-11,14H2,1-4H3,(H,32,33). The van der Waals surface area contributed by atoms with Crippen molar-refractivity contribution in [1.82, 2.24) is 9.80 Å². The van der Waals surface area contributed by atoms with Crippen LogP contribution in [0.4, 0.5) is 13.6 Å². The largest absolute Gasteiger partial charge is 0.465 e. The predicted molar refractivity (Wildman–Crippen MR) is 119 cm³/mol. The van der Waals surface area contributed by atoms with Gasteiger partial charge >= 0.3 is 12.1 Å². The average molecular weight is 479 g/mol. The lowest BCUT2D eigenvalue weighted by Crippen LogP contribution is -2.76. The average Bonchev–Trinajstić information content (AvgIpc) is 3.26. The fourth-order valence-corrected chi connectivity index (χ4v) is 7.01. The maximum atomic E-state index is 14.8. The van der Waals surface area contributed by atoms with Crippen molar-refractivity contribution < 1.29 is 33.0 Å². The lowest BCUT2D eigenvalue weighted by atomic mass is 9.58. The highest BCUT2D eigenvalue weighted by Gasteiger charge is 2.73. The summed E-state index contributed by atoms with van der Waals surface area (Å²) in [6, 6.07) is 2.11. The number of rotatable bonds is 3. The van der Waals surface area contributed by atoms with Crippen LogP contribution < -0.4 is 0 Å². The number of piperazine rings is 1. The van der Waals surface area contributed by atoms with E-state index >= 15 is 0 Å². The first-order valence-electron chi connectivity index (χ1n) is 11.8. The molecule has 186 valence electrons. The van der Waals surface area contributed by atoms with E-state index in [2.05, 4.69) is 0 Å². The number of ether oxygens (including phenoxy) is 1. The molecule has 2 amide bonds. The molecule has 2 fully saturated rings. The number of benzene rings is 1. The van der Waals surface area contributed by atoms with Crippen molar-refractivity contribution >= 4 is 18.0 Å². The van der Waals surface area contributed by atoms with E-state index in [4.69, 9.17) is 4.74 Å². The molecule has 34 heavy (non-hydrogen) atoms. The fraction of sp³-hybridized carbons (Fsp3) is 0.640. The molecule has 0 aromatic heterocycles. The van der Waals surface area contributed by atoms with Gasteiger partial charge in [0, 0.05) is 24.6 Å². The summed E-state index contributed by atoms with van der Waals surface area (Å²) in [6.45, 7) is 7.45. The van der Waals surface area contributed by atoms with Gasteiger partial charge in [0.1, 0.15) is 23.7 Å². The van der Waals surface area contributed by atoms with Gasteiger partial charge < -0.3 is 14.7 Å². The second-order valence-electron chi connectivity index (χ2n) is 10.7. The number of hydrogen-bond donors (Lipinski definition) is 1. The van der Waals surface area contributed by atoms with Crippen molar-refractivity contribution in [2.45, 2.75) is 64.3 Å². The summed E-state index contributed by atoms with van der Waals surface area (Å²) in [4.78, 5) is 42.0. The first-order chi connectivity index (χ1) is 15.9. The Morgan fingerprint density at radius 1 is 1.21 bits per heavy atom. The molecule has 2 aliphatic carbocycles. The molecule has 1 saturated heterocycles. The number of carboxylic acid groups (broad SMARTS) is 1. The van der Waals surface area contributed by atoms with Crippen molar-refractivity contribution in [2.24, 2.45) is 11.3 Å². The molecule has 7 nitrogen and oxygen atoms in total. The number of fused-ring (bicyclic) bond motifs is 3. The first-order valence-corrected chi connectivity index (χ1v) is 11.8. The minimum Gasteiger partial charge on any atom is -0.465 e. The van der Waals surface area contributed by atoms with E-state index in [0.29, 0.717) is 36.8 Å². The molecule has 3 aliphatic rings. The van der Waals surface area contributed by atoms with Crippen LogP contribution in [0.2, 0.25) is 0 Å². The van der Waals surface area contributed by atoms with Crippen LogP contribution in [0.15, 0.2) is 12.1 Å². The fourth-order valence-electron chi connectivity index (χ4n) is 7.01. The molecule has 1 heterocycles. The van der Waals surface area contributed by atoms with E-state index < -0.39 is 51.9 Å². The van der Waals surface area contributed by atoms with Crippen molar-refractivity contribution in [3.63, 3.8) is 0 Å². The minimum absolute atomic E-state index is 0.00192. The predicted octanol–water partition coefficient (Wildman–Crippen LogP) is 3.73. The highest BCUT2D eigenvalue weighted by atomic mass is 19.1. The number of carbonyl (C=O) groups is 3. The summed E-state index contributed by atoms with van der Waals surface area (Å²) in [6.07, 6.45) is 0.318. The monoisotopic (exact) mass is 478 g/mol. The van der Waals surface area contributed by atoms with Gasteiger partial charge in [0.2, 0.25) is 0 Å². The van der Waals surface area contributed by atoms with Gasteiger partial charge in [-0.05, 0) is 61.1 Å². The van der Waals surface area contributed by atoms with Gasteiger partial charge in [0.25, 0.3) is 5.91 Å². The molecule has 0 radical (unpaired) electrons. The Balaban J connectivity index is 1.97. The number of carbonyl (C=O) groups excluding carboxylic acids is 2. The molecule has 3 unspecified atom stereocenters. The summed E-state index contributed by atoms with van der Waals surface area (Å²) < 4.78 is 34.4. The van der Waals surface area contributed by atoms with E-state index in [9.17, 15) is 28.3 Å². The molecule has 1 N–H and O–H groups in total. The van der Waals surface area contributed by atoms with Gasteiger partial charge in [-0.2, -0.15) is 0 Å². The zero-order chi connectivity index (χ0) is 25.1. The SMILES string of the molecule is CCOC(=O)CN1CCN(C(=O)O)C2(C1=O)C(C(C)(C)C)CCC21CCc2c(F)cc(F)cc21. The third kappa shape index (κ3) is 3.30. The normalized spacial score (nSPS) is 28.6. The van der Waals surface area contributed by atoms with Crippen molar-refractivity contribution in [3.05, 3.63) is 34.9 Å². The summed E-state index contributed by atoms with van der Waals surface area (Å²) in [7, 11) is 0. The summed E-state index contributed by atoms with van der Waals surface area (Å²) in [5, 5.41) is 10.3. The molecule has 1 aromatic carbocycles. The minimum atomic E-state index is -1.59. The summed E-state index contributed by atoms with van der Waals surface area (Å²) in [5.41, 5.74) is -2.45. The molecule has 9 heteroatoms. The molecule has 1 saturated carbocycles. The molecule has 1 aromatic rings. The Kier molecular flexibility index (Phi) is 5.89. The quantitative estimate of drug-likeness (QED) is 0.669. The van der Waals surface area contributed by atoms with Crippen LogP contribution in [0.25, 0.3) is 0 Å². The Morgan fingerprint density at radius 3 is 2.53 bits per heavy atom. The van der Waals surface area contributed by atoms with Crippen molar-refractivity contribution in [2.75, 3.05) is 26.2 Å². The van der Waals surface area contributed by atoms with Crippen LogP contribution in [0.3, 0.4) is 0 Å². The highest BCUT2D eigenvalue weighted by molar-refractivity contribution is 5.96. The number of esters is 1. The van der Waals surface area contributed by atoms with Gasteiger partial charge in [-0.3, -0.25) is 14.5 Å². The maximum absolute atomic E-state index is 14.8. The van der Waals surface area contributed by atoms with E-state index in [0.717, 1.165) is 6.07 Å². The molecular formula is C25H32F2N2O5. The Bertz CT molecular complexity index is 1040. The Morgan fingerprint density at radius 2 is 1.91 bits per heavy atom. The summed E-state index contributed by atoms with van der Waals surface area (Å²) >= 11 is 0. The van der Waals surface area contributed by atoms with E-state index in [1.165, 1.54) is 15.9 Å². The van der Waals surface area contributed by atoms with Crippen LogP contribution in [-0.2, 0) is 26.2 Å². The number of halogens is 2. The van der Waals surface area contributed by atoms with Gasteiger partial charge in [0.05, 0.1) is 6.61 Å². The van der Waals surface area contributed by atoms with Crippen LogP contribution in [-0.4, -0.2) is 64.7 Å². The van der Waals surface area contributed by atoms with E-state index in [1.54, 1.807) is 6.92 Å². The topological polar surface area (TPSA) is 87.2 Å². The van der Waals surface area contributed by atoms with Gasteiger partial charge in [-0.25, -0.2) is 13.6 Å². The lowest BCUT2D eigenvalue weighted by Gasteiger charge is -2.58. The van der Waals surface area contributed by atoms with Crippen LogP contribution >= 0.6 is 0 Å². The number of nitrogens with zero attached hydrogens (tertiary/aromatic N) is 2. The van der Waals surface area contributed by atoms with E-state index in [1.807, 2.05) is 20.8 Å². The molecule has 1 aliphatic heterocycles. The molecular weight excluding hydrogens is 446 g/mol. The molecule has 4 rings (SSSR count). The van der Waals surface area contributed by atoms with Crippen molar-refractivity contribution in [3.8, 4) is 0 Å². The van der Waals surface area contributed by atoms with Crippen molar-refractivity contribution in [1.29, 1.82) is 0 Å². The molecule has 2 spiro atoms. The third-order valence-corrected chi connectivity index (χ3v) is 8.11. The highest BCUT2D eigenvalue weighted by Crippen LogP contribution is 2.65. The van der Waals surface area contributed by atoms with Gasteiger partial charge in [0.15, 0.2) is 0 Å². The number of hydrogen-bond acceptors (Lipinski definition) is 4. The van der Waals surface area contributed by atoms with Gasteiger partial charge in [-0.1, -0.05) is 20.8 Å². The van der Waals surface area contributed by atoms with Gasteiger partial charge in [-0.15, -0.1) is 0 Å². The zero-order valence-electron chi connectivity index (χ0n) is 20.1. The zero-order valence-corrected chi connectivity index (χ0v) is 20.1. The Hall–Kier alpha value is -2.71. The Labute approximate surface area is 198 Å². The lowest BCUT2D eigenvalue weighted by molar-refractivity contribution is -0.167. The molecule has 0 bridgehead atoms. The second kappa shape index (κ2) is 8.20. The van der Waals surface area contributed by atoms with Crippen LogP contribution in [0, 0.1) is 23.0 Å². The second-order valence-corrected chi connectivity index (χ2v) is 10.7. The first kappa shape index (κ1) is 24.4. The van der Waals surface area contributed by atoms with Crippen LogP contribution in [0.1, 0.15) is 58.1 Å². The molecule has 3 atom stereocenters. The van der Waals surface area contributed by atoms with E-state index in [-0.39, 0.29) is 26.2 Å². The third-order valence-electron chi connectivity index (χ3n) is 8.11.